The summed E-state index contributed by atoms with van der Waals surface area (Å²) in [6.07, 6.45) is -9.04. The van der Waals surface area contributed by atoms with E-state index in [1.165, 1.54) is 21.3 Å². The van der Waals surface area contributed by atoms with E-state index in [9.17, 15) is 55.1 Å². The molecule has 27 heteroatoms. The molecule has 344 valence electrons. The van der Waals surface area contributed by atoms with Crippen LogP contribution in [-0.2, 0) is 66.7 Å². The van der Waals surface area contributed by atoms with E-state index in [0.29, 0.717) is 29.7 Å². The molecule has 0 atom stereocenters. The predicted molar refractivity (Wildman–Crippen MR) is 196 cm³/mol. The summed E-state index contributed by atoms with van der Waals surface area (Å²) in [4.78, 5) is 63.1. The molecule has 0 aliphatic rings. The Hall–Kier alpha value is -2.95. The van der Waals surface area contributed by atoms with Gasteiger partial charge in [-0.1, -0.05) is 58.2 Å². The van der Waals surface area contributed by atoms with Gasteiger partial charge in [-0.3, -0.25) is 4.79 Å². The number of aliphatic hydroxyl groups excluding tert-OH is 1. The molecule has 3 N–H and O–H groups in total. The fourth-order valence-electron chi connectivity index (χ4n) is 1.85. The van der Waals surface area contributed by atoms with Crippen molar-refractivity contribution < 1.29 is 143 Å². The summed E-state index contributed by atoms with van der Waals surface area (Å²) >= 11 is 5.73. The largest absolute Gasteiger partial charge is 1.00 e. The fourth-order valence-corrected chi connectivity index (χ4v) is 2.25. The molecule has 17 nitrogen and oxygen atoms in total. The number of aliphatic carboxylic acids is 1. The Morgan fingerprint density at radius 2 is 0.847 bits per heavy atom. The van der Waals surface area contributed by atoms with Crippen molar-refractivity contribution in [3.63, 3.8) is 0 Å². The van der Waals surface area contributed by atoms with Gasteiger partial charge in [0.05, 0.1) is 49.8 Å². The van der Waals surface area contributed by atoms with Gasteiger partial charge in [-0.05, 0) is 13.8 Å². The van der Waals surface area contributed by atoms with Gasteiger partial charge >= 0.3 is 77.7 Å². The maximum absolute atomic E-state index is 11.6. The van der Waals surface area contributed by atoms with E-state index in [2.05, 4.69) is 96.1 Å². The van der Waals surface area contributed by atoms with Gasteiger partial charge in [0.25, 0.3) is 0 Å². The first-order valence-electron chi connectivity index (χ1n) is 14.8. The van der Waals surface area contributed by atoms with Gasteiger partial charge in [0.2, 0.25) is 0 Å². The van der Waals surface area contributed by atoms with Crippen molar-refractivity contribution in [3.8, 4) is 0 Å². The molecule has 0 radical (unpaired) electrons. The van der Waals surface area contributed by atoms with E-state index in [1.807, 2.05) is 0 Å². The van der Waals surface area contributed by atoms with E-state index in [4.69, 9.17) is 10.2 Å². The first-order chi connectivity index (χ1) is 25.8. The van der Waals surface area contributed by atoms with Crippen molar-refractivity contribution in [2.45, 2.75) is 26.2 Å². The topological polar surface area (TPSA) is 247 Å². The third-order valence-corrected chi connectivity index (χ3v) is 5.19. The number of ether oxygens (including phenoxy) is 8. The van der Waals surface area contributed by atoms with Crippen LogP contribution in [0.25, 0.3) is 0 Å². The second kappa shape index (κ2) is 49.4. The molecule has 0 aliphatic heterocycles. The summed E-state index contributed by atoms with van der Waals surface area (Å²) in [6, 6.07) is 0. The zero-order chi connectivity index (χ0) is 45.5. The molecule has 0 aromatic rings. The Morgan fingerprint density at radius 1 is 0.542 bits per heavy atom. The molecule has 0 saturated heterocycles. The van der Waals surface area contributed by atoms with Crippen molar-refractivity contribution >= 4 is 67.7 Å². The van der Waals surface area contributed by atoms with E-state index in [1.54, 1.807) is 13.8 Å². The zero-order valence-electron chi connectivity index (χ0n) is 33.4. The van der Waals surface area contributed by atoms with Crippen LogP contribution in [0.1, 0.15) is 13.8 Å². The summed E-state index contributed by atoms with van der Waals surface area (Å²) in [7, 11) is 5.24. The van der Waals surface area contributed by atoms with Crippen LogP contribution in [0, 0.1) is 0 Å². The molecule has 0 heterocycles. The SMILES string of the molecule is C=C(CBr)C(=O)OCC.C=C(COC)C(=O)O.C=C(COC)C(=O)OCC.C=C(COC)C(=O)OCC(=O)OCC(F)(F)F.CO.O=C(CBr)OCC(F)(F)F.[F-].[Na+].[OH-]. The second-order valence-electron chi connectivity index (χ2n) is 8.85. The number of esters is 5. The van der Waals surface area contributed by atoms with Gasteiger partial charge in [-0.15, -0.1) is 0 Å². The van der Waals surface area contributed by atoms with Gasteiger partial charge in [0.1, 0.15) is 5.33 Å². The van der Waals surface area contributed by atoms with Crippen LogP contribution in [0.5, 0.6) is 0 Å². The summed E-state index contributed by atoms with van der Waals surface area (Å²) in [5.74, 6) is -4.86. The van der Waals surface area contributed by atoms with Gasteiger partial charge < -0.3 is 58.3 Å². The molecular formula is C32H49Br2F7NaO17-. The molecule has 0 unspecified atom stereocenters. The number of hydrogen-bond acceptors (Lipinski definition) is 16. The smallest absolute Gasteiger partial charge is 1.00 e. The molecule has 0 spiro atoms. The molecule has 0 amide bonds. The molecule has 0 bridgehead atoms. The van der Waals surface area contributed by atoms with E-state index in [-0.39, 0.29) is 88.0 Å². The van der Waals surface area contributed by atoms with E-state index < -0.39 is 56.1 Å². The number of methoxy groups -OCH3 is 3. The molecule has 0 aromatic heterocycles. The van der Waals surface area contributed by atoms with Gasteiger partial charge in [0.15, 0.2) is 19.8 Å². The number of aliphatic hydroxyl groups is 1. The average Bonchev–Trinajstić information content (AvgIpc) is 3.13. The van der Waals surface area contributed by atoms with Gasteiger partial charge in [-0.2, -0.15) is 26.3 Å². The minimum atomic E-state index is -4.61. The van der Waals surface area contributed by atoms with Gasteiger partial charge in [0, 0.05) is 39.3 Å². The Bertz CT molecular complexity index is 1190. The quantitative estimate of drug-likeness (QED) is 0.0388. The molecule has 0 rings (SSSR count). The standard InChI is InChI=1S/C9H11F3O5.C7H12O3.C6H9BrO2.C5H8O3.C4H4BrF3O2.CH4O.FH.Na.H2O/c1-6(3-15-2)8(14)16-4-7(13)17-5-9(10,11)12;1-4-10-7(8)6(2)5-9-3;1-3-9-6(8)5(2)4-7;1-4(3-8-2)5(6)7;5-1-3(9)10-2-4(6,7)8;1-2;;;/h1,3-5H2,2H3;2,4-5H2,1,3H3;2-4H2,1H3;1,3H2,2H3,(H,6,7);1-2H2;2H,1H3;1H;;1H2/q;;;;;;;+1;/p-2. The first kappa shape index (κ1) is 76.7. The van der Waals surface area contributed by atoms with Crippen LogP contribution < -0.4 is 34.3 Å². The van der Waals surface area contributed by atoms with Crippen LogP contribution in [-0.4, -0.2) is 156 Å². The first-order valence-corrected chi connectivity index (χ1v) is 17.0. The molecule has 59 heavy (non-hydrogen) atoms. The number of carboxylic acid groups (broad SMARTS) is 1. The fraction of sp³-hybridized carbons (Fsp3) is 0.562. The third kappa shape index (κ3) is 64.4. The number of hydrogen-bond donors (Lipinski definition) is 2. The van der Waals surface area contributed by atoms with Gasteiger partial charge in [-0.25, -0.2) is 24.0 Å². The Balaban J connectivity index is -0.0000000759. The summed E-state index contributed by atoms with van der Waals surface area (Å²) in [5.41, 5.74) is 0.824. The molecule has 0 fully saturated rings. The molecular weight excluding hydrogens is 972 g/mol. The Morgan fingerprint density at radius 3 is 1.10 bits per heavy atom. The van der Waals surface area contributed by atoms with E-state index in [0.717, 1.165) is 7.11 Å². The number of halogens is 9. The van der Waals surface area contributed by atoms with Crippen LogP contribution in [0.4, 0.5) is 26.3 Å². The maximum atomic E-state index is 11.6. The monoisotopic (exact) mass is 1020 g/mol. The maximum Gasteiger partial charge on any atom is 1.00 e. The van der Waals surface area contributed by atoms with Crippen molar-refractivity contribution in [1.82, 2.24) is 0 Å². The minimum absolute atomic E-state index is 0. The van der Waals surface area contributed by atoms with Crippen LogP contribution in [0.2, 0.25) is 0 Å². The second-order valence-corrected chi connectivity index (χ2v) is 9.98. The molecule has 0 aromatic carbocycles. The van der Waals surface area contributed by atoms with Crippen LogP contribution >= 0.6 is 31.9 Å². The molecule has 0 saturated carbocycles. The Kier molecular flexibility index (Phi) is 64.3. The number of alkyl halides is 8. The number of rotatable bonds is 18. The van der Waals surface area contributed by atoms with Crippen molar-refractivity contribution in [3.05, 3.63) is 48.6 Å². The summed E-state index contributed by atoms with van der Waals surface area (Å²) < 4.78 is 104. The van der Waals surface area contributed by atoms with E-state index >= 15 is 0 Å². The summed E-state index contributed by atoms with van der Waals surface area (Å²) in [5, 5.41) is 15.4. The van der Waals surface area contributed by atoms with Crippen LogP contribution in [0.15, 0.2) is 48.6 Å². The van der Waals surface area contributed by atoms with Crippen molar-refractivity contribution in [2.24, 2.45) is 0 Å². The zero-order valence-corrected chi connectivity index (χ0v) is 38.5. The normalized spacial score (nSPS) is 9.14. The van der Waals surface area contributed by atoms with Crippen molar-refractivity contribution in [2.75, 3.05) is 92.0 Å². The summed E-state index contributed by atoms with van der Waals surface area (Å²) in [6.45, 7) is 13.8. The average molecular weight is 1020 g/mol. The predicted octanol–water partition coefficient (Wildman–Crippen LogP) is -1.71. The Labute approximate surface area is 375 Å². The van der Waals surface area contributed by atoms with Crippen molar-refractivity contribution in [1.29, 1.82) is 0 Å². The third-order valence-electron chi connectivity index (χ3n) is 4.06. The minimum Gasteiger partial charge on any atom is -1.00 e. The molecule has 0 aliphatic carbocycles. The number of carbonyl (C=O) groups excluding carboxylic acids is 5. The van der Waals surface area contributed by atoms with Crippen LogP contribution in [0.3, 0.4) is 0 Å². The number of carboxylic acids is 1. The number of carbonyl (C=O) groups is 6.